The van der Waals surface area contributed by atoms with Gasteiger partial charge in [0.1, 0.15) is 12.4 Å². The average molecular weight is 421 g/mol. The van der Waals surface area contributed by atoms with Crippen LogP contribution in [0.4, 0.5) is 0 Å². The highest BCUT2D eigenvalue weighted by Gasteiger charge is 2.16. The molecule has 0 aliphatic carbocycles. The van der Waals surface area contributed by atoms with Crippen molar-refractivity contribution in [2.75, 3.05) is 34.5 Å². The minimum absolute atomic E-state index is 0.250. The molecule has 162 valence electrons. The van der Waals surface area contributed by atoms with E-state index in [9.17, 15) is 4.79 Å². The summed E-state index contributed by atoms with van der Waals surface area (Å²) in [7, 11) is 4.55. The van der Waals surface area contributed by atoms with E-state index in [1.165, 1.54) is 26.9 Å². The second-order valence-electron chi connectivity index (χ2n) is 6.79. The van der Waals surface area contributed by atoms with Gasteiger partial charge in [0.25, 0.3) is 5.91 Å². The van der Waals surface area contributed by atoms with Crippen LogP contribution in [0.3, 0.4) is 0 Å². The minimum atomic E-state index is -0.250. The Balaban J connectivity index is 1.59. The first-order valence-electron chi connectivity index (χ1n) is 9.99. The van der Waals surface area contributed by atoms with Crippen molar-refractivity contribution < 1.29 is 23.7 Å². The molecule has 3 aromatic rings. The molecule has 0 radical (unpaired) electrons. The number of methoxy groups -OCH3 is 3. The molecule has 0 fully saturated rings. The first-order chi connectivity index (χ1) is 15.2. The van der Waals surface area contributed by atoms with Crippen LogP contribution in [-0.2, 0) is 6.42 Å². The molecule has 1 amide bonds. The third kappa shape index (κ3) is 5.69. The van der Waals surface area contributed by atoms with E-state index in [1.807, 2.05) is 36.4 Å². The van der Waals surface area contributed by atoms with E-state index < -0.39 is 0 Å². The van der Waals surface area contributed by atoms with E-state index in [0.29, 0.717) is 36.0 Å². The summed E-state index contributed by atoms with van der Waals surface area (Å²) in [5.41, 5.74) is 2.73. The number of carbonyl (C=O) groups excluding carboxylic acids is 1. The van der Waals surface area contributed by atoms with E-state index in [2.05, 4.69) is 23.5 Å². The van der Waals surface area contributed by atoms with E-state index in [1.54, 1.807) is 12.1 Å². The number of para-hydroxylation sites is 1. The van der Waals surface area contributed by atoms with Crippen LogP contribution in [0.25, 0.3) is 0 Å². The first-order valence-corrected chi connectivity index (χ1v) is 9.99. The van der Waals surface area contributed by atoms with Gasteiger partial charge in [-0.3, -0.25) is 4.79 Å². The van der Waals surface area contributed by atoms with E-state index in [-0.39, 0.29) is 5.91 Å². The molecule has 0 aliphatic heterocycles. The zero-order chi connectivity index (χ0) is 22.1. The summed E-state index contributed by atoms with van der Waals surface area (Å²) in [4.78, 5) is 12.6. The van der Waals surface area contributed by atoms with Crippen LogP contribution in [0.15, 0.2) is 66.7 Å². The van der Waals surface area contributed by atoms with Crippen molar-refractivity contribution in [1.82, 2.24) is 5.32 Å². The van der Waals surface area contributed by atoms with Crippen molar-refractivity contribution in [3.63, 3.8) is 0 Å². The van der Waals surface area contributed by atoms with Crippen LogP contribution in [-0.4, -0.2) is 40.4 Å². The maximum absolute atomic E-state index is 12.6. The Hall–Kier alpha value is -3.67. The predicted molar refractivity (Wildman–Crippen MR) is 120 cm³/mol. The number of hydrogen-bond donors (Lipinski definition) is 1. The molecular weight excluding hydrogens is 394 g/mol. The van der Waals surface area contributed by atoms with Gasteiger partial charge in [0.2, 0.25) is 5.75 Å². The van der Waals surface area contributed by atoms with Crippen LogP contribution < -0.4 is 24.3 Å². The molecule has 0 aromatic heterocycles. The molecular formula is C25H27NO5. The number of nitrogens with one attached hydrogen (secondary N) is 1. The number of ether oxygens (including phenoxy) is 4. The fraction of sp³-hybridized carbons (Fsp3) is 0.240. The van der Waals surface area contributed by atoms with Crippen molar-refractivity contribution in [3.05, 3.63) is 83.4 Å². The molecule has 0 heterocycles. The first kappa shape index (κ1) is 22.0. The molecule has 3 rings (SSSR count). The average Bonchev–Trinajstić information content (AvgIpc) is 2.82. The fourth-order valence-electron chi connectivity index (χ4n) is 3.25. The highest BCUT2D eigenvalue weighted by atomic mass is 16.5. The molecule has 0 aliphatic rings. The third-order valence-corrected chi connectivity index (χ3v) is 4.78. The lowest BCUT2D eigenvalue weighted by Crippen LogP contribution is -2.28. The van der Waals surface area contributed by atoms with Crippen molar-refractivity contribution in [2.24, 2.45) is 0 Å². The van der Waals surface area contributed by atoms with Gasteiger partial charge in [-0.1, -0.05) is 48.5 Å². The lowest BCUT2D eigenvalue weighted by molar-refractivity contribution is 0.0946. The summed E-state index contributed by atoms with van der Waals surface area (Å²) >= 11 is 0. The monoisotopic (exact) mass is 421 g/mol. The number of carbonyl (C=O) groups is 1. The second kappa shape index (κ2) is 10.9. The Morgan fingerprint density at radius 2 is 1.45 bits per heavy atom. The molecule has 0 spiro atoms. The summed E-state index contributed by atoms with van der Waals surface area (Å²) < 4.78 is 21.8. The number of amides is 1. The Bertz CT molecular complexity index is 979. The van der Waals surface area contributed by atoms with Crippen LogP contribution in [0.2, 0.25) is 0 Å². The number of hydrogen-bond acceptors (Lipinski definition) is 5. The highest BCUT2D eigenvalue weighted by molar-refractivity contribution is 5.95. The van der Waals surface area contributed by atoms with Crippen molar-refractivity contribution in [1.29, 1.82) is 0 Å². The molecule has 3 aromatic carbocycles. The summed E-state index contributed by atoms with van der Waals surface area (Å²) in [6, 6.07) is 21.4. The van der Waals surface area contributed by atoms with Gasteiger partial charge in [-0.25, -0.2) is 0 Å². The second-order valence-corrected chi connectivity index (χ2v) is 6.79. The molecule has 1 N–H and O–H groups in total. The van der Waals surface area contributed by atoms with Crippen molar-refractivity contribution in [3.8, 4) is 23.0 Å². The molecule has 0 bridgehead atoms. The van der Waals surface area contributed by atoms with Crippen LogP contribution in [0, 0.1) is 0 Å². The lowest BCUT2D eigenvalue weighted by Gasteiger charge is -2.14. The van der Waals surface area contributed by atoms with Gasteiger partial charge in [0.15, 0.2) is 11.5 Å². The van der Waals surface area contributed by atoms with Crippen LogP contribution in [0.5, 0.6) is 23.0 Å². The topological polar surface area (TPSA) is 66.0 Å². The third-order valence-electron chi connectivity index (χ3n) is 4.78. The molecule has 0 atom stereocenters. The van der Waals surface area contributed by atoms with Crippen molar-refractivity contribution in [2.45, 2.75) is 6.42 Å². The maximum atomic E-state index is 12.6. The number of benzene rings is 3. The summed E-state index contributed by atoms with van der Waals surface area (Å²) in [6.07, 6.45) is 0.787. The normalized spacial score (nSPS) is 10.3. The minimum Gasteiger partial charge on any atom is -0.493 e. The van der Waals surface area contributed by atoms with E-state index in [0.717, 1.165) is 17.7 Å². The number of rotatable bonds is 10. The molecule has 0 unspecified atom stereocenters. The zero-order valence-corrected chi connectivity index (χ0v) is 18.0. The molecule has 6 heteroatoms. The Morgan fingerprint density at radius 3 is 2.10 bits per heavy atom. The standard InChI is InChI=1S/C25H27NO5/c1-28-22-16-20(17-23(29-2)24(22)30-3)25(27)26-13-14-31-21-12-8-7-11-19(21)15-18-9-5-4-6-10-18/h4-12,16-17H,13-15H2,1-3H3,(H,26,27). The van der Waals surface area contributed by atoms with Gasteiger partial charge in [-0.15, -0.1) is 0 Å². The van der Waals surface area contributed by atoms with Crippen molar-refractivity contribution >= 4 is 5.91 Å². The summed E-state index contributed by atoms with van der Waals surface area (Å²) in [5, 5.41) is 2.86. The smallest absolute Gasteiger partial charge is 0.251 e. The maximum Gasteiger partial charge on any atom is 0.251 e. The summed E-state index contributed by atoms with van der Waals surface area (Å²) in [5.74, 6) is 1.87. The largest absolute Gasteiger partial charge is 0.493 e. The molecule has 6 nitrogen and oxygen atoms in total. The lowest BCUT2D eigenvalue weighted by atomic mass is 10.0. The molecule has 0 saturated heterocycles. The Morgan fingerprint density at radius 1 is 0.806 bits per heavy atom. The van der Waals surface area contributed by atoms with Gasteiger partial charge in [0, 0.05) is 12.0 Å². The van der Waals surface area contributed by atoms with Crippen LogP contribution in [0.1, 0.15) is 21.5 Å². The van der Waals surface area contributed by atoms with Gasteiger partial charge in [-0.05, 0) is 29.3 Å². The fourth-order valence-corrected chi connectivity index (χ4v) is 3.25. The van der Waals surface area contributed by atoms with Gasteiger partial charge >= 0.3 is 0 Å². The Kier molecular flexibility index (Phi) is 7.76. The highest BCUT2D eigenvalue weighted by Crippen LogP contribution is 2.38. The van der Waals surface area contributed by atoms with Gasteiger partial charge in [0.05, 0.1) is 27.9 Å². The SMILES string of the molecule is COc1cc(C(=O)NCCOc2ccccc2Cc2ccccc2)cc(OC)c1OC. The van der Waals surface area contributed by atoms with Crippen LogP contribution >= 0.6 is 0 Å². The van der Waals surface area contributed by atoms with Gasteiger partial charge < -0.3 is 24.3 Å². The quantitative estimate of drug-likeness (QED) is 0.499. The van der Waals surface area contributed by atoms with E-state index in [4.69, 9.17) is 18.9 Å². The summed E-state index contributed by atoms with van der Waals surface area (Å²) in [6.45, 7) is 0.705. The van der Waals surface area contributed by atoms with Gasteiger partial charge in [-0.2, -0.15) is 0 Å². The molecule has 0 saturated carbocycles. The Labute approximate surface area is 182 Å². The zero-order valence-electron chi connectivity index (χ0n) is 18.0. The predicted octanol–water partition coefficient (Wildman–Crippen LogP) is 4.11. The van der Waals surface area contributed by atoms with E-state index >= 15 is 0 Å². The molecule has 31 heavy (non-hydrogen) atoms.